The highest BCUT2D eigenvalue weighted by Gasteiger charge is 2.18. The summed E-state index contributed by atoms with van der Waals surface area (Å²) in [6.07, 6.45) is 1.27. The van der Waals surface area contributed by atoms with Gasteiger partial charge in [0, 0.05) is 36.6 Å². The molecule has 17 heavy (non-hydrogen) atoms. The minimum atomic E-state index is 0.729. The average Bonchev–Trinajstić information content (AvgIpc) is 2.72. The molecule has 0 radical (unpaired) electrons. The number of rotatable bonds is 4. The van der Waals surface area contributed by atoms with Gasteiger partial charge in [-0.15, -0.1) is 0 Å². The smallest absolute Gasteiger partial charge is 0.122 e. The highest BCUT2D eigenvalue weighted by Crippen LogP contribution is 2.23. The van der Waals surface area contributed by atoms with Crippen LogP contribution in [0.4, 0.5) is 11.4 Å². The number of hydrogen-bond acceptors (Lipinski definition) is 4. The van der Waals surface area contributed by atoms with Gasteiger partial charge < -0.3 is 20.7 Å². The second kappa shape index (κ2) is 5.27. The van der Waals surface area contributed by atoms with Gasteiger partial charge in [-0.1, -0.05) is 0 Å². The van der Waals surface area contributed by atoms with Gasteiger partial charge in [-0.05, 0) is 32.0 Å². The number of methoxy groups -OCH3 is 1. The number of nitrogens with zero attached hydrogens (tertiary/aromatic N) is 1. The average molecular weight is 235 g/mol. The molecule has 2 rings (SSSR count). The van der Waals surface area contributed by atoms with Crippen molar-refractivity contribution in [3.8, 4) is 5.75 Å². The molecule has 1 heterocycles. The van der Waals surface area contributed by atoms with Crippen molar-refractivity contribution in [3.05, 3.63) is 18.2 Å². The first-order valence-corrected chi connectivity index (χ1v) is 6.04. The highest BCUT2D eigenvalue weighted by molar-refractivity contribution is 5.59. The fraction of sp³-hybridized carbons (Fsp3) is 0.538. The van der Waals surface area contributed by atoms with E-state index in [1.165, 1.54) is 19.5 Å². The number of benzene rings is 1. The molecule has 1 aliphatic heterocycles. The molecule has 1 aliphatic rings. The van der Waals surface area contributed by atoms with Gasteiger partial charge in [-0.3, -0.25) is 0 Å². The summed E-state index contributed by atoms with van der Waals surface area (Å²) in [5.74, 6) is 1.53. The van der Waals surface area contributed by atoms with E-state index in [2.05, 4.69) is 17.3 Å². The molecule has 4 nitrogen and oxygen atoms in total. The van der Waals surface area contributed by atoms with Crippen molar-refractivity contribution in [1.82, 2.24) is 4.90 Å². The number of nitrogen functional groups attached to an aromatic ring is 1. The SMILES string of the molecule is COc1cc(N)cc(NCC2CCN(C)C2)c1. The maximum atomic E-state index is 5.81. The van der Waals surface area contributed by atoms with Crippen LogP contribution in [0, 0.1) is 5.92 Å². The van der Waals surface area contributed by atoms with Gasteiger partial charge in [0.2, 0.25) is 0 Å². The summed E-state index contributed by atoms with van der Waals surface area (Å²) < 4.78 is 5.20. The Hall–Kier alpha value is -1.42. The third kappa shape index (κ3) is 3.27. The van der Waals surface area contributed by atoms with Crippen LogP contribution in [0.15, 0.2) is 18.2 Å². The minimum Gasteiger partial charge on any atom is -0.497 e. The summed E-state index contributed by atoms with van der Waals surface area (Å²) in [6, 6.07) is 5.75. The van der Waals surface area contributed by atoms with Crippen LogP contribution in [-0.4, -0.2) is 38.7 Å². The molecule has 0 aliphatic carbocycles. The van der Waals surface area contributed by atoms with E-state index in [-0.39, 0.29) is 0 Å². The molecule has 0 aromatic heterocycles. The topological polar surface area (TPSA) is 50.5 Å². The normalized spacial score (nSPS) is 20.5. The quantitative estimate of drug-likeness (QED) is 0.779. The molecule has 0 amide bonds. The first kappa shape index (κ1) is 12.0. The van der Waals surface area contributed by atoms with Gasteiger partial charge in [0.05, 0.1) is 7.11 Å². The van der Waals surface area contributed by atoms with E-state index in [1.807, 2.05) is 18.2 Å². The van der Waals surface area contributed by atoms with Gasteiger partial charge in [-0.25, -0.2) is 0 Å². The molecule has 4 heteroatoms. The molecule has 1 aromatic rings. The largest absolute Gasteiger partial charge is 0.497 e. The van der Waals surface area contributed by atoms with Crippen molar-refractivity contribution in [1.29, 1.82) is 0 Å². The number of hydrogen-bond donors (Lipinski definition) is 2. The van der Waals surface area contributed by atoms with Crippen molar-refractivity contribution >= 4 is 11.4 Å². The van der Waals surface area contributed by atoms with Crippen molar-refractivity contribution in [2.45, 2.75) is 6.42 Å². The molecule has 1 unspecified atom stereocenters. The van der Waals surface area contributed by atoms with Crippen LogP contribution in [0.2, 0.25) is 0 Å². The molecular weight excluding hydrogens is 214 g/mol. The Morgan fingerprint density at radius 3 is 2.94 bits per heavy atom. The van der Waals surface area contributed by atoms with Gasteiger partial charge in [-0.2, -0.15) is 0 Å². The summed E-state index contributed by atoms with van der Waals surface area (Å²) >= 11 is 0. The van der Waals surface area contributed by atoms with Gasteiger partial charge in [0.1, 0.15) is 5.75 Å². The van der Waals surface area contributed by atoms with Crippen LogP contribution in [0.25, 0.3) is 0 Å². The van der Waals surface area contributed by atoms with Crippen molar-refractivity contribution in [2.75, 3.05) is 44.8 Å². The lowest BCUT2D eigenvalue weighted by Gasteiger charge is -2.14. The number of nitrogens with one attached hydrogen (secondary N) is 1. The predicted octanol–water partition coefficient (Wildman–Crippen LogP) is 1.64. The second-order valence-corrected chi connectivity index (χ2v) is 4.79. The zero-order chi connectivity index (χ0) is 12.3. The van der Waals surface area contributed by atoms with Crippen LogP contribution in [0.3, 0.4) is 0 Å². The Morgan fingerprint density at radius 2 is 2.29 bits per heavy atom. The lowest BCUT2D eigenvalue weighted by molar-refractivity contribution is 0.399. The molecule has 94 valence electrons. The predicted molar refractivity (Wildman–Crippen MR) is 71.5 cm³/mol. The summed E-state index contributed by atoms with van der Waals surface area (Å²) in [6.45, 7) is 3.37. The van der Waals surface area contributed by atoms with Crippen molar-refractivity contribution in [2.24, 2.45) is 5.92 Å². The van der Waals surface area contributed by atoms with Crippen molar-refractivity contribution in [3.63, 3.8) is 0 Å². The molecule has 0 spiro atoms. The molecule has 3 N–H and O–H groups in total. The van der Waals surface area contributed by atoms with E-state index in [0.29, 0.717) is 0 Å². The van der Waals surface area contributed by atoms with Crippen LogP contribution < -0.4 is 15.8 Å². The number of ether oxygens (including phenoxy) is 1. The maximum absolute atomic E-state index is 5.81. The molecule has 0 bridgehead atoms. The molecule has 1 aromatic carbocycles. The Balaban J connectivity index is 1.92. The van der Waals surface area contributed by atoms with Gasteiger partial charge in [0.15, 0.2) is 0 Å². The third-order valence-electron chi connectivity index (χ3n) is 3.25. The zero-order valence-electron chi connectivity index (χ0n) is 10.6. The van der Waals surface area contributed by atoms with Crippen LogP contribution in [0.5, 0.6) is 5.75 Å². The van der Waals surface area contributed by atoms with Crippen LogP contribution in [-0.2, 0) is 0 Å². The van der Waals surface area contributed by atoms with E-state index in [1.54, 1.807) is 7.11 Å². The Bertz CT molecular complexity index is 381. The molecule has 1 fully saturated rings. The highest BCUT2D eigenvalue weighted by atomic mass is 16.5. The lowest BCUT2D eigenvalue weighted by atomic mass is 10.1. The maximum Gasteiger partial charge on any atom is 0.122 e. The fourth-order valence-electron chi connectivity index (χ4n) is 2.30. The van der Waals surface area contributed by atoms with Crippen molar-refractivity contribution < 1.29 is 4.74 Å². The van der Waals surface area contributed by atoms with Gasteiger partial charge >= 0.3 is 0 Å². The number of nitrogens with two attached hydrogens (primary N) is 1. The number of likely N-dealkylation sites (tertiary alicyclic amines) is 1. The van der Waals surface area contributed by atoms with E-state index in [0.717, 1.165) is 29.6 Å². The Labute approximate surface area is 103 Å². The first-order chi connectivity index (χ1) is 8.17. The monoisotopic (exact) mass is 235 g/mol. The Kier molecular flexibility index (Phi) is 3.74. The third-order valence-corrected chi connectivity index (χ3v) is 3.25. The van der Waals surface area contributed by atoms with E-state index < -0.39 is 0 Å². The van der Waals surface area contributed by atoms with E-state index in [4.69, 9.17) is 10.5 Å². The summed E-state index contributed by atoms with van der Waals surface area (Å²) in [7, 11) is 3.83. The Morgan fingerprint density at radius 1 is 1.47 bits per heavy atom. The van der Waals surface area contributed by atoms with Crippen LogP contribution >= 0.6 is 0 Å². The summed E-state index contributed by atoms with van der Waals surface area (Å²) in [4.78, 5) is 2.37. The molecule has 1 saturated heterocycles. The first-order valence-electron chi connectivity index (χ1n) is 6.04. The zero-order valence-corrected chi connectivity index (χ0v) is 10.6. The molecule has 0 saturated carbocycles. The molecule has 1 atom stereocenters. The summed E-state index contributed by atoms with van der Waals surface area (Å²) in [5.41, 5.74) is 7.58. The summed E-state index contributed by atoms with van der Waals surface area (Å²) in [5, 5.41) is 3.44. The fourth-order valence-corrected chi connectivity index (χ4v) is 2.30. The van der Waals surface area contributed by atoms with Gasteiger partial charge in [0.25, 0.3) is 0 Å². The van der Waals surface area contributed by atoms with Crippen LogP contribution in [0.1, 0.15) is 6.42 Å². The standard InChI is InChI=1S/C13H21N3O/c1-16-4-3-10(9-16)8-15-12-5-11(14)6-13(7-12)17-2/h5-7,10,15H,3-4,8-9,14H2,1-2H3. The van der Waals surface area contributed by atoms with E-state index in [9.17, 15) is 0 Å². The number of anilines is 2. The van der Waals surface area contributed by atoms with E-state index >= 15 is 0 Å². The molecular formula is C13H21N3O. The lowest BCUT2D eigenvalue weighted by Crippen LogP contribution is -2.19. The second-order valence-electron chi connectivity index (χ2n) is 4.79. The minimum absolute atomic E-state index is 0.729.